The first-order valence-corrected chi connectivity index (χ1v) is 14.3. The minimum Gasteiger partial charge on any atom is -0.370 e. The van der Waals surface area contributed by atoms with Gasteiger partial charge in [-0.15, -0.1) is 0 Å². The fourth-order valence-corrected chi connectivity index (χ4v) is 5.71. The molecule has 0 radical (unpaired) electrons. The summed E-state index contributed by atoms with van der Waals surface area (Å²) in [5.74, 6) is 0. The quantitative estimate of drug-likeness (QED) is 0.425. The lowest BCUT2D eigenvalue weighted by Gasteiger charge is -2.24. The van der Waals surface area contributed by atoms with Gasteiger partial charge < -0.3 is 10.2 Å². The first-order chi connectivity index (χ1) is 16.8. The van der Waals surface area contributed by atoms with E-state index in [1.54, 1.807) is 48.5 Å². The van der Waals surface area contributed by atoms with Gasteiger partial charge in [-0.3, -0.25) is 9.44 Å². The van der Waals surface area contributed by atoms with Crippen molar-refractivity contribution in [2.24, 2.45) is 0 Å². The number of nitrogens with zero attached hydrogens (tertiary/aromatic N) is 1. The average molecular weight is 513 g/mol. The molecule has 184 valence electrons. The summed E-state index contributed by atoms with van der Waals surface area (Å²) >= 11 is 0. The zero-order valence-electron chi connectivity index (χ0n) is 19.1. The number of hydrogen-bond donors (Lipinski definition) is 3. The van der Waals surface area contributed by atoms with Gasteiger partial charge in [-0.25, -0.2) is 16.8 Å². The van der Waals surface area contributed by atoms with Crippen LogP contribution in [0.15, 0.2) is 89.2 Å². The van der Waals surface area contributed by atoms with Crippen LogP contribution in [0.25, 0.3) is 6.08 Å². The van der Waals surface area contributed by atoms with E-state index >= 15 is 0 Å². The van der Waals surface area contributed by atoms with Gasteiger partial charge in [-0.1, -0.05) is 48.5 Å². The maximum atomic E-state index is 12.9. The van der Waals surface area contributed by atoms with Gasteiger partial charge in [0.25, 0.3) is 20.0 Å². The maximum Gasteiger partial charge on any atom is 0.261 e. The Morgan fingerprint density at radius 1 is 0.771 bits per heavy atom. The summed E-state index contributed by atoms with van der Waals surface area (Å²) in [4.78, 5) is 2.23. The Morgan fingerprint density at radius 2 is 1.49 bits per heavy atom. The van der Waals surface area contributed by atoms with Gasteiger partial charge in [-0.05, 0) is 54.9 Å². The summed E-state index contributed by atoms with van der Waals surface area (Å²) < 4.78 is 56.8. The smallest absolute Gasteiger partial charge is 0.261 e. The minimum atomic E-state index is -3.93. The number of hydrogen-bond acceptors (Lipinski definition) is 6. The van der Waals surface area contributed by atoms with Crippen molar-refractivity contribution in [2.45, 2.75) is 11.3 Å². The molecule has 1 saturated heterocycles. The van der Waals surface area contributed by atoms with E-state index in [2.05, 4.69) is 19.7 Å². The zero-order valence-corrected chi connectivity index (χ0v) is 20.7. The molecule has 4 rings (SSSR count). The number of anilines is 3. The molecule has 0 saturated carbocycles. The van der Waals surface area contributed by atoms with Crippen LogP contribution in [0.3, 0.4) is 0 Å². The van der Waals surface area contributed by atoms with Crippen molar-refractivity contribution in [1.29, 1.82) is 0 Å². The highest BCUT2D eigenvalue weighted by Gasteiger charge is 2.19. The number of nitrogens with one attached hydrogen (secondary N) is 3. The number of sulfonamides is 2. The Kier molecular flexibility index (Phi) is 7.74. The lowest BCUT2D eigenvalue weighted by molar-refractivity contribution is 0.600. The molecule has 1 aliphatic rings. The molecular formula is C25H28N4O4S2. The predicted molar refractivity (Wildman–Crippen MR) is 141 cm³/mol. The summed E-state index contributed by atoms with van der Waals surface area (Å²) in [7, 11) is -7.84. The summed E-state index contributed by atoms with van der Waals surface area (Å²) in [6, 6.07) is 22.1. The number of rotatable bonds is 8. The van der Waals surface area contributed by atoms with Crippen molar-refractivity contribution >= 4 is 43.2 Å². The van der Waals surface area contributed by atoms with Crippen molar-refractivity contribution < 1.29 is 16.8 Å². The Hall–Kier alpha value is -3.34. The van der Waals surface area contributed by atoms with Crippen molar-refractivity contribution in [3.05, 3.63) is 89.8 Å². The molecule has 0 spiro atoms. The molecule has 0 aromatic heterocycles. The Morgan fingerprint density at radius 3 is 2.23 bits per heavy atom. The largest absolute Gasteiger partial charge is 0.370 e. The van der Waals surface area contributed by atoms with Crippen molar-refractivity contribution in [1.82, 2.24) is 5.32 Å². The molecule has 10 heteroatoms. The summed E-state index contributed by atoms with van der Waals surface area (Å²) in [6.07, 6.45) is 2.43. The van der Waals surface area contributed by atoms with Gasteiger partial charge in [0.05, 0.1) is 21.7 Å². The Balaban J connectivity index is 1.67. The summed E-state index contributed by atoms with van der Waals surface area (Å²) in [5, 5.41) is 4.41. The molecule has 0 unspecified atom stereocenters. The van der Waals surface area contributed by atoms with Gasteiger partial charge in [0.15, 0.2) is 0 Å². The molecule has 3 N–H and O–H groups in total. The molecule has 3 aromatic rings. The van der Waals surface area contributed by atoms with E-state index in [0.29, 0.717) is 0 Å². The van der Waals surface area contributed by atoms with E-state index in [4.69, 9.17) is 0 Å². The van der Waals surface area contributed by atoms with Crippen molar-refractivity contribution in [2.75, 3.05) is 40.5 Å². The summed E-state index contributed by atoms with van der Waals surface area (Å²) in [5.41, 5.74) is 1.83. The van der Waals surface area contributed by atoms with Gasteiger partial charge in [0.1, 0.15) is 0 Å². The molecule has 1 aliphatic heterocycles. The molecule has 8 nitrogen and oxygen atoms in total. The fraction of sp³-hybridized carbons (Fsp3) is 0.200. The standard InChI is InChI=1S/C25H28N4O4S2/c30-34(31,19-14-21-8-3-1-4-9-21)27-25-20-22(29-17-7-15-26-16-18-29)12-13-24(25)28-35(32,33)23-10-5-2-6-11-23/h1-6,8-14,19-20,26-28H,7,15-18H2/b19-14+. The number of benzene rings is 3. The highest BCUT2D eigenvalue weighted by Crippen LogP contribution is 2.31. The molecule has 3 aromatic carbocycles. The lowest BCUT2D eigenvalue weighted by Crippen LogP contribution is -2.28. The summed E-state index contributed by atoms with van der Waals surface area (Å²) in [6.45, 7) is 3.29. The molecule has 0 amide bonds. The van der Waals surface area contributed by atoms with Crippen molar-refractivity contribution in [3.63, 3.8) is 0 Å². The van der Waals surface area contributed by atoms with E-state index in [1.807, 2.05) is 18.2 Å². The first-order valence-electron chi connectivity index (χ1n) is 11.3. The second-order valence-electron chi connectivity index (χ2n) is 8.10. The lowest BCUT2D eigenvalue weighted by atomic mass is 10.2. The highest BCUT2D eigenvalue weighted by atomic mass is 32.2. The fourth-order valence-electron chi connectivity index (χ4n) is 3.73. The second-order valence-corrected chi connectivity index (χ2v) is 11.3. The third kappa shape index (κ3) is 6.84. The highest BCUT2D eigenvalue weighted by molar-refractivity contribution is 7.95. The van der Waals surface area contributed by atoms with Crippen LogP contribution in [-0.4, -0.2) is 43.0 Å². The second kappa shape index (κ2) is 10.9. The maximum absolute atomic E-state index is 12.9. The van der Waals surface area contributed by atoms with E-state index in [9.17, 15) is 16.8 Å². The van der Waals surface area contributed by atoms with E-state index in [-0.39, 0.29) is 16.3 Å². The van der Waals surface area contributed by atoms with Crippen molar-refractivity contribution in [3.8, 4) is 0 Å². The molecule has 0 atom stereocenters. The van der Waals surface area contributed by atoms with Crippen LogP contribution in [0, 0.1) is 0 Å². The topological polar surface area (TPSA) is 108 Å². The van der Waals surface area contributed by atoms with Gasteiger partial charge >= 0.3 is 0 Å². The van der Waals surface area contributed by atoms with Gasteiger partial charge in [0.2, 0.25) is 0 Å². The van der Waals surface area contributed by atoms with Crippen LogP contribution >= 0.6 is 0 Å². The van der Waals surface area contributed by atoms with Crippen LogP contribution in [0.1, 0.15) is 12.0 Å². The monoisotopic (exact) mass is 512 g/mol. The van der Waals surface area contributed by atoms with Crippen LogP contribution in [0.2, 0.25) is 0 Å². The van der Waals surface area contributed by atoms with Gasteiger partial charge in [-0.2, -0.15) is 0 Å². The minimum absolute atomic E-state index is 0.0837. The normalized spacial score (nSPS) is 15.0. The third-order valence-electron chi connectivity index (χ3n) is 5.50. The molecular weight excluding hydrogens is 484 g/mol. The van der Waals surface area contributed by atoms with E-state index in [0.717, 1.165) is 49.3 Å². The molecule has 0 aliphatic carbocycles. The Bertz CT molecular complexity index is 1370. The zero-order chi connectivity index (χ0) is 24.7. The molecule has 1 fully saturated rings. The van der Waals surface area contributed by atoms with E-state index in [1.165, 1.54) is 18.2 Å². The van der Waals surface area contributed by atoms with Crippen LogP contribution in [-0.2, 0) is 20.0 Å². The molecule has 1 heterocycles. The van der Waals surface area contributed by atoms with Crippen LogP contribution < -0.4 is 19.7 Å². The van der Waals surface area contributed by atoms with Crippen LogP contribution in [0.5, 0.6) is 0 Å². The van der Waals surface area contributed by atoms with Crippen LogP contribution in [0.4, 0.5) is 17.1 Å². The predicted octanol–water partition coefficient (Wildman–Crippen LogP) is 3.70. The molecule has 0 bridgehead atoms. The van der Waals surface area contributed by atoms with Gasteiger partial charge in [0, 0.05) is 25.3 Å². The third-order valence-corrected chi connectivity index (χ3v) is 7.88. The molecule has 35 heavy (non-hydrogen) atoms. The SMILES string of the molecule is O=S(=O)(/C=C/c1ccccc1)Nc1cc(N2CCCNCC2)ccc1NS(=O)(=O)c1ccccc1. The Labute approximate surface area is 206 Å². The average Bonchev–Trinajstić information content (AvgIpc) is 3.15. The van der Waals surface area contributed by atoms with E-state index < -0.39 is 20.0 Å². The first kappa shape index (κ1) is 24.8.